The van der Waals surface area contributed by atoms with Crippen molar-refractivity contribution in [2.24, 2.45) is 5.92 Å². The van der Waals surface area contributed by atoms with E-state index in [4.69, 9.17) is 10.2 Å². The number of aliphatic hydroxyl groups is 1. The largest absolute Gasteiger partial charge is 0.465 e. The zero-order valence-corrected chi connectivity index (χ0v) is 7.57. The molecule has 1 saturated heterocycles. The quantitative estimate of drug-likeness (QED) is 0.559. The van der Waals surface area contributed by atoms with Crippen molar-refractivity contribution < 1.29 is 15.0 Å². The predicted molar refractivity (Wildman–Crippen MR) is 47.7 cm³/mol. The first-order valence-corrected chi connectivity index (χ1v) is 4.53. The van der Waals surface area contributed by atoms with Gasteiger partial charge in [-0.05, 0) is 25.4 Å². The summed E-state index contributed by atoms with van der Waals surface area (Å²) in [5.41, 5.74) is 0. The molecule has 0 spiro atoms. The van der Waals surface area contributed by atoms with E-state index in [-0.39, 0.29) is 13.2 Å². The molecule has 0 aromatic heterocycles. The Balaban J connectivity index is 2.32. The molecule has 0 aromatic carbocycles. The second kappa shape index (κ2) is 5.04. The van der Waals surface area contributed by atoms with Crippen LogP contribution in [-0.4, -0.2) is 54.0 Å². The van der Waals surface area contributed by atoms with Crippen molar-refractivity contribution in [3.05, 3.63) is 0 Å². The average molecular weight is 188 g/mol. The lowest BCUT2D eigenvalue weighted by molar-refractivity contribution is 0.124. The number of rotatable bonds is 4. The zero-order valence-electron chi connectivity index (χ0n) is 7.57. The Kier molecular flexibility index (Phi) is 3.98. The maximum Gasteiger partial charge on any atom is 0.407 e. The first-order chi connectivity index (χ1) is 6.24. The highest BCUT2D eigenvalue weighted by molar-refractivity contribution is 5.64. The highest BCUT2D eigenvalue weighted by Gasteiger charge is 2.20. The lowest BCUT2D eigenvalue weighted by Gasteiger charge is -2.21. The van der Waals surface area contributed by atoms with Crippen LogP contribution in [0.2, 0.25) is 0 Å². The fourth-order valence-electron chi connectivity index (χ4n) is 1.57. The molecule has 3 N–H and O–H groups in total. The molecule has 0 aliphatic carbocycles. The lowest BCUT2D eigenvalue weighted by atomic mass is 10.1. The van der Waals surface area contributed by atoms with Gasteiger partial charge in [0, 0.05) is 13.1 Å². The minimum Gasteiger partial charge on any atom is -0.465 e. The molecule has 1 amide bonds. The minimum absolute atomic E-state index is 0.105. The summed E-state index contributed by atoms with van der Waals surface area (Å²) < 4.78 is 0. The standard InChI is InChI=1S/C8H16N2O3/c11-4-3-10(8(12)13)6-7-1-2-9-5-7/h7,9,11H,1-6H2,(H,12,13). The molecule has 76 valence electrons. The molecule has 1 atom stereocenters. The molecular weight excluding hydrogens is 172 g/mol. The highest BCUT2D eigenvalue weighted by Crippen LogP contribution is 2.09. The number of aliphatic hydroxyl groups excluding tert-OH is 1. The van der Waals surface area contributed by atoms with E-state index in [2.05, 4.69) is 5.32 Å². The van der Waals surface area contributed by atoms with Gasteiger partial charge < -0.3 is 20.4 Å². The smallest absolute Gasteiger partial charge is 0.407 e. The second-order valence-electron chi connectivity index (χ2n) is 3.31. The van der Waals surface area contributed by atoms with Crippen LogP contribution in [-0.2, 0) is 0 Å². The van der Waals surface area contributed by atoms with Crippen LogP contribution in [0.3, 0.4) is 0 Å². The van der Waals surface area contributed by atoms with Gasteiger partial charge in [0.2, 0.25) is 0 Å². The fourth-order valence-corrected chi connectivity index (χ4v) is 1.57. The predicted octanol–water partition coefficient (Wildman–Crippen LogP) is -0.432. The number of nitrogens with one attached hydrogen (secondary N) is 1. The Labute approximate surface area is 77.3 Å². The van der Waals surface area contributed by atoms with E-state index in [0.717, 1.165) is 19.5 Å². The van der Waals surface area contributed by atoms with Gasteiger partial charge in [0.15, 0.2) is 0 Å². The first-order valence-electron chi connectivity index (χ1n) is 4.53. The van der Waals surface area contributed by atoms with Crippen molar-refractivity contribution in [2.75, 3.05) is 32.8 Å². The molecule has 1 heterocycles. The van der Waals surface area contributed by atoms with Crippen molar-refractivity contribution in [3.63, 3.8) is 0 Å². The molecule has 13 heavy (non-hydrogen) atoms. The van der Waals surface area contributed by atoms with Crippen molar-refractivity contribution >= 4 is 6.09 Å². The molecule has 1 aliphatic heterocycles. The normalized spacial score (nSPS) is 21.8. The molecule has 5 heteroatoms. The highest BCUT2D eigenvalue weighted by atomic mass is 16.4. The van der Waals surface area contributed by atoms with Crippen molar-refractivity contribution in [2.45, 2.75) is 6.42 Å². The van der Waals surface area contributed by atoms with Crippen molar-refractivity contribution in [1.82, 2.24) is 10.2 Å². The summed E-state index contributed by atoms with van der Waals surface area (Å²) in [6.07, 6.45) is 0.0795. The fraction of sp³-hybridized carbons (Fsp3) is 0.875. The molecule has 1 unspecified atom stereocenters. The molecule has 1 rings (SSSR count). The van der Waals surface area contributed by atoms with E-state index in [1.807, 2.05) is 0 Å². The number of hydrogen-bond acceptors (Lipinski definition) is 3. The first kappa shape index (κ1) is 10.3. The summed E-state index contributed by atoms with van der Waals surface area (Å²) in [6.45, 7) is 2.49. The number of carboxylic acid groups (broad SMARTS) is 1. The third kappa shape index (κ3) is 3.20. The van der Waals surface area contributed by atoms with Gasteiger partial charge >= 0.3 is 6.09 Å². The minimum atomic E-state index is -0.944. The number of carbonyl (C=O) groups is 1. The van der Waals surface area contributed by atoms with Crippen molar-refractivity contribution in [1.29, 1.82) is 0 Å². The summed E-state index contributed by atoms with van der Waals surface area (Å²) in [4.78, 5) is 11.9. The average Bonchev–Trinajstić information content (AvgIpc) is 2.56. The van der Waals surface area contributed by atoms with Crippen molar-refractivity contribution in [3.8, 4) is 0 Å². The van der Waals surface area contributed by atoms with Gasteiger partial charge in [-0.2, -0.15) is 0 Å². The molecule has 1 fully saturated rings. The van der Waals surface area contributed by atoms with Gasteiger partial charge in [0.1, 0.15) is 0 Å². The Morgan fingerprint density at radius 3 is 2.85 bits per heavy atom. The number of nitrogens with zero attached hydrogens (tertiary/aromatic N) is 1. The van der Waals surface area contributed by atoms with Gasteiger partial charge in [0.25, 0.3) is 0 Å². The van der Waals surface area contributed by atoms with E-state index in [1.165, 1.54) is 4.90 Å². The van der Waals surface area contributed by atoms with E-state index >= 15 is 0 Å². The van der Waals surface area contributed by atoms with Crippen LogP contribution in [0.4, 0.5) is 4.79 Å². The molecule has 1 aliphatic rings. The van der Waals surface area contributed by atoms with Crippen LogP contribution in [0.15, 0.2) is 0 Å². The van der Waals surface area contributed by atoms with Crippen LogP contribution in [0.1, 0.15) is 6.42 Å². The van der Waals surface area contributed by atoms with Crippen LogP contribution >= 0.6 is 0 Å². The maximum absolute atomic E-state index is 10.7. The topological polar surface area (TPSA) is 72.8 Å². The van der Waals surface area contributed by atoms with Gasteiger partial charge in [-0.15, -0.1) is 0 Å². The van der Waals surface area contributed by atoms with Crippen LogP contribution in [0.25, 0.3) is 0 Å². The second-order valence-corrected chi connectivity index (χ2v) is 3.31. The van der Waals surface area contributed by atoms with Crippen LogP contribution in [0, 0.1) is 5.92 Å². The number of amides is 1. The van der Waals surface area contributed by atoms with E-state index < -0.39 is 6.09 Å². The van der Waals surface area contributed by atoms with Gasteiger partial charge in [-0.1, -0.05) is 0 Å². The van der Waals surface area contributed by atoms with Crippen LogP contribution in [0.5, 0.6) is 0 Å². The van der Waals surface area contributed by atoms with E-state index in [0.29, 0.717) is 12.5 Å². The summed E-state index contributed by atoms with van der Waals surface area (Å²) in [7, 11) is 0. The Morgan fingerprint density at radius 1 is 1.62 bits per heavy atom. The molecule has 0 bridgehead atoms. The third-order valence-corrected chi connectivity index (χ3v) is 2.28. The monoisotopic (exact) mass is 188 g/mol. The Hall–Kier alpha value is -0.810. The molecule has 0 aromatic rings. The molecule has 5 nitrogen and oxygen atoms in total. The maximum atomic E-state index is 10.7. The van der Waals surface area contributed by atoms with Crippen LogP contribution < -0.4 is 5.32 Å². The summed E-state index contributed by atoms with van der Waals surface area (Å²) in [6, 6.07) is 0. The van der Waals surface area contributed by atoms with E-state index in [9.17, 15) is 4.79 Å². The summed E-state index contributed by atoms with van der Waals surface area (Å²) >= 11 is 0. The van der Waals surface area contributed by atoms with Gasteiger partial charge in [0.05, 0.1) is 6.61 Å². The third-order valence-electron chi connectivity index (χ3n) is 2.28. The SMILES string of the molecule is O=C(O)N(CCO)CC1CCNC1. The summed E-state index contributed by atoms with van der Waals surface area (Å²) in [5.74, 6) is 0.405. The zero-order chi connectivity index (χ0) is 9.68. The Morgan fingerprint density at radius 2 is 2.38 bits per heavy atom. The molecule has 0 radical (unpaired) electrons. The summed E-state index contributed by atoms with van der Waals surface area (Å²) in [5, 5.41) is 20.6. The van der Waals surface area contributed by atoms with Gasteiger partial charge in [-0.3, -0.25) is 0 Å². The molecular formula is C8H16N2O3. The number of hydrogen-bond donors (Lipinski definition) is 3. The Bertz CT molecular complexity index is 169. The molecule has 0 saturated carbocycles. The van der Waals surface area contributed by atoms with E-state index in [1.54, 1.807) is 0 Å². The lowest BCUT2D eigenvalue weighted by Crippen LogP contribution is -2.36. The van der Waals surface area contributed by atoms with Gasteiger partial charge in [-0.25, -0.2) is 4.79 Å².